The normalized spacial score (nSPS) is 11.2. The number of hydrogen-bond donors (Lipinski definition) is 1. The standard InChI is InChI=1S/C20H15Cl2N3O2S/c1-2-24-11-14(10-23-24)25-17-9-13(21)6-7-16(17)18(19(25)22)28-15-5-3-4-12(8-15)20(26)27/h3-11H,2H2,1H3,(H,26,27). The van der Waals surface area contributed by atoms with E-state index in [1.807, 2.05) is 46.6 Å². The zero-order valence-corrected chi connectivity index (χ0v) is 17.1. The highest BCUT2D eigenvalue weighted by Crippen LogP contribution is 2.43. The molecule has 0 saturated heterocycles. The van der Waals surface area contributed by atoms with Crippen LogP contribution in [-0.2, 0) is 6.54 Å². The van der Waals surface area contributed by atoms with E-state index < -0.39 is 5.97 Å². The molecular weight excluding hydrogens is 417 g/mol. The highest BCUT2D eigenvalue weighted by Gasteiger charge is 2.19. The van der Waals surface area contributed by atoms with E-state index in [1.165, 1.54) is 11.8 Å². The van der Waals surface area contributed by atoms with Crippen LogP contribution in [0.4, 0.5) is 0 Å². The molecule has 0 bridgehead atoms. The summed E-state index contributed by atoms with van der Waals surface area (Å²) in [5.41, 5.74) is 1.94. The number of hydrogen-bond acceptors (Lipinski definition) is 3. The number of aromatic nitrogens is 3. The van der Waals surface area contributed by atoms with Crippen LogP contribution in [0, 0.1) is 0 Å². The van der Waals surface area contributed by atoms with Crippen LogP contribution in [0.15, 0.2) is 64.6 Å². The minimum atomic E-state index is -0.963. The number of halogens is 2. The molecule has 28 heavy (non-hydrogen) atoms. The van der Waals surface area contributed by atoms with E-state index in [4.69, 9.17) is 23.2 Å². The molecule has 4 aromatic rings. The number of rotatable bonds is 5. The van der Waals surface area contributed by atoms with Gasteiger partial charge in [-0.2, -0.15) is 5.10 Å². The number of aryl methyl sites for hydroxylation is 1. The third kappa shape index (κ3) is 3.39. The summed E-state index contributed by atoms with van der Waals surface area (Å²) in [5.74, 6) is -0.963. The fraction of sp³-hybridized carbons (Fsp3) is 0.100. The SMILES string of the molecule is CCn1cc(-n2c(Cl)c(Sc3cccc(C(=O)O)c3)c3ccc(Cl)cc32)cn1. The van der Waals surface area contributed by atoms with Gasteiger partial charge in [-0.25, -0.2) is 4.79 Å². The smallest absolute Gasteiger partial charge is 0.335 e. The molecular formula is C20H15Cl2N3O2S. The van der Waals surface area contributed by atoms with E-state index >= 15 is 0 Å². The molecule has 8 heteroatoms. The lowest BCUT2D eigenvalue weighted by atomic mass is 10.2. The average molecular weight is 432 g/mol. The molecule has 5 nitrogen and oxygen atoms in total. The maximum atomic E-state index is 11.3. The largest absolute Gasteiger partial charge is 0.478 e. The summed E-state index contributed by atoms with van der Waals surface area (Å²) in [5, 5.41) is 15.7. The van der Waals surface area contributed by atoms with Crippen molar-refractivity contribution in [1.82, 2.24) is 14.3 Å². The number of fused-ring (bicyclic) bond motifs is 1. The van der Waals surface area contributed by atoms with Crippen LogP contribution in [0.3, 0.4) is 0 Å². The highest BCUT2D eigenvalue weighted by molar-refractivity contribution is 7.99. The first-order valence-electron chi connectivity index (χ1n) is 8.51. The van der Waals surface area contributed by atoms with E-state index in [0.29, 0.717) is 10.2 Å². The average Bonchev–Trinajstić information content (AvgIpc) is 3.25. The van der Waals surface area contributed by atoms with Crippen molar-refractivity contribution in [2.24, 2.45) is 0 Å². The van der Waals surface area contributed by atoms with E-state index in [1.54, 1.807) is 24.4 Å². The Kier molecular flexibility index (Phi) is 5.10. The second-order valence-electron chi connectivity index (χ2n) is 6.11. The quantitative estimate of drug-likeness (QED) is 0.420. The minimum absolute atomic E-state index is 0.233. The molecule has 0 aliphatic heterocycles. The molecule has 2 aromatic heterocycles. The van der Waals surface area contributed by atoms with Gasteiger partial charge in [0.25, 0.3) is 0 Å². The molecule has 0 aliphatic carbocycles. The van der Waals surface area contributed by atoms with Gasteiger partial charge in [0.1, 0.15) is 5.15 Å². The molecule has 0 spiro atoms. The lowest BCUT2D eigenvalue weighted by molar-refractivity contribution is 0.0696. The number of nitrogens with zero attached hydrogens (tertiary/aromatic N) is 3. The molecule has 0 atom stereocenters. The zero-order valence-electron chi connectivity index (χ0n) is 14.8. The molecule has 4 rings (SSSR count). The van der Waals surface area contributed by atoms with Crippen molar-refractivity contribution in [2.75, 3.05) is 0 Å². The van der Waals surface area contributed by atoms with Gasteiger partial charge < -0.3 is 5.11 Å². The Morgan fingerprint density at radius 1 is 1.21 bits per heavy atom. The van der Waals surface area contributed by atoms with Crippen molar-refractivity contribution in [3.63, 3.8) is 0 Å². The van der Waals surface area contributed by atoms with Crippen LogP contribution < -0.4 is 0 Å². The Morgan fingerprint density at radius 3 is 2.75 bits per heavy atom. The lowest BCUT2D eigenvalue weighted by Crippen LogP contribution is -1.95. The van der Waals surface area contributed by atoms with E-state index in [-0.39, 0.29) is 5.56 Å². The lowest BCUT2D eigenvalue weighted by Gasteiger charge is -2.05. The van der Waals surface area contributed by atoms with Crippen LogP contribution in [0.1, 0.15) is 17.3 Å². The molecule has 2 heterocycles. The number of aromatic carboxylic acids is 1. The van der Waals surface area contributed by atoms with Crippen molar-refractivity contribution in [2.45, 2.75) is 23.3 Å². The summed E-state index contributed by atoms with van der Waals surface area (Å²) in [6.07, 6.45) is 3.68. The third-order valence-electron chi connectivity index (χ3n) is 4.33. The van der Waals surface area contributed by atoms with Crippen LogP contribution in [0.2, 0.25) is 10.2 Å². The van der Waals surface area contributed by atoms with Gasteiger partial charge in [-0.15, -0.1) is 0 Å². The second kappa shape index (κ2) is 7.54. The van der Waals surface area contributed by atoms with Gasteiger partial charge in [0.15, 0.2) is 0 Å². The van der Waals surface area contributed by atoms with Gasteiger partial charge in [0.05, 0.1) is 27.9 Å². The molecule has 0 saturated carbocycles. The van der Waals surface area contributed by atoms with Crippen LogP contribution >= 0.6 is 35.0 Å². The van der Waals surface area contributed by atoms with Crippen LogP contribution in [-0.4, -0.2) is 25.4 Å². The topological polar surface area (TPSA) is 60.0 Å². The Balaban J connectivity index is 1.88. The fourth-order valence-electron chi connectivity index (χ4n) is 3.00. The molecule has 0 radical (unpaired) electrons. The predicted molar refractivity (Wildman–Crippen MR) is 112 cm³/mol. The van der Waals surface area contributed by atoms with Crippen molar-refractivity contribution in [3.05, 3.63) is 70.6 Å². The molecule has 1 N–H and O–H groups in total. The van der Waals surface area contributed by atoms with E-state index in [0.717, 1.165) is 32.9 Å². The highest BCUT2D eigenvalue weighted by atomic mass is 35.5. The Bertz CT molecular complexity index is 1200. The summed E-state index contributed by atoms with van der Waals surface area (Å²) in [6.45, 7) is 2.76. The fourth-order valence-corrected chi connectivity index (χ4v) is 4.60. The first-order valence-corrected chi connectivity index (χ1v) is 10.1. The maximum Gasteiger partial charge on any atom is 0.335 e. The monoisotopic (exact) mass is 431 g/mol. The number of carboxylic acids is 1. The summed E-state index contributed by atoms with van der Waals surface area (Å²) in [6, 6.07) is 12.4. The molecule has 0 amide bonds. The molecule has 0 unspecified atom stereocenters. The van der Waals surface area contributed by atoms with Crippen LogP contribution in [0.5, 0.6) is 0 Å². The van der Waals surface area contributed by atoms with Gasteiger partial charge in [0, 0.05) is 28.0 Å². The van der Waals surface area contributed by atoms with Gasteiger partial charge >= 0.3 is 5.97 Å². The number of carbonyl (C=O) groups is 1. The van der Waals surface area contributed by atoms with Gasteiger partial charge in [-0.3, -0.25) is 9.25 Å². The summed E-state index contributed by atoms with van der Waals surface area (Å²) >= 11 is 14.5. The molecule has 0 aliphatic rings. The van der Waals surface area contributed by atoms with Crippen molar-refractivity contribution in [3.8, 4) is 5.69 Å². The summed E-state index contributed by atoms with van der Waals surface area (Å²) < 4.78 is 3.73. The summed E-state index contributed by atoms with van der Waals surface area (Å²) in [7, 11) is 0. The van der Waals surface area contributed by atoms with Gasteiger partial charge in [-0.05, 0) is 37.3 Å². The zero-order chi connectivity index (χ0) is 19.8. The number of benzene rings is 2. The predicted octanol–water partition coefficient (Wildman–Crippen LogP) is 6.00. The van der Waals surface area contributed by atoms with Crippen LogP contribution in [0.25, 0.3) is 16.6 Å². The van der Waals surface area contributed by atoms with Crippen molar-refractivity contribution >= 4 is 51.8 Å². The van der Waals surface area contributed by atoms with Crippen molar-refractivity contribution in [1.29, 1.82) is 0 Å². The first-order chi connectivity index (χ1) is 13.5. The summed E-state index contributed by atoms with van der Waals surface area (Å²) in [4.78, 5) is 12.9. The first kappa shape index (κ1) is 18.9. The second-order valence-corrected chi connectivity index (χ2v) is 7.98. The molecule has 142 valence electrons. The minimum Gasteiger partial charge on any atom is -0.478 e. The van der Waals surface area contributed by atoms with E-state index in [2.05, 4.69) is 5.10 Å². The van der Waals surface area contributed by atoms with Gasteiger partial charge in [-0.1, -0.05) is 47.1 Å². The van der Waals surface area contributed by atoms with E-state index in [9.17, 15) is 9.90 Å². The molecule has 0 fully saturated rings. The Hall–Kier alpha value is -2.41. The maximum absolute atomic E-state index is 11.3. The Morgan fingerprint density at radius 2 is 2.04 bits per heavy atom. The third-order valence-corrected chi connectivity index (χ3v) is 6.14. The Labute approximate surface area is 175 Å². The molecule has 2 aromatic carbocycles. The van der Waals surface area contributed by atoms with Crippen molar-refractivity contribution < 1.29 is 9.90 Å². The number of carboxylic acid groups (broad SMARTS) is 1. The van der Waals surface area contributed by atoms with Gasteiger partial charge in [0.2, 0.25) is 0 Å².